The van der Waals surface area contributed by atoms with Crippen molar-refractivity contribution in [1.82, 2.24) is 10.2 Å². The molecule has 0 rings (SSSR count). The number of nitrogens with one attached hydrogen (secondary N) is 1. The molecule has 0 radical (unpaired) electrons. The molecule has 4 N–H and O–H groups in total. The van der Waals surface area contributed by atoms with Crippen LogP contribution in [0.15, 0.2) is 12.2 Å². The van der Waals surface area contributed by atoms with E-state index in [0.717, 1.165) is 25.7 Å². The van der Waals surface area contributed by atoms with Gasteiger partial charge in [0.1, 0.15) is 6.23 Å². The molecule has 0 heterocycles. The highest BCUT2D eigenvalue weighted by molar-refractivity contribution is 5.75. The van der Waals surface area contributed by atoms with Gasteiger partial charge in [-0.3, -0.25) is 14.5 Å². The van der Waals surface area contributed by atoms with Crippen molar-refractivity contribution >= 4 is 11.9 Å². The summed E-state index contributed by atoms with van der Waals surface area (Å²) >= 11 is 0. The van der Waals surface area contributed by atoms with Crippen LogP contribution in [0.25, 0.3) is 0 Å². The lowest BCUT2D eigenvalue weighted by Gasteiger charge is -2.24. The first-order valence-electron chi connectivity index (χ1n) is 9.13. The number of rotatable bonds is 16. The van der Waals surface area contributed by atoms with Crippen molar-refractivity contribution in [2.45, 2.75) is 64.5 Å². The summed E-state index contributed by atoms with van der Waals surface area (Å²) in [5, 5.41) is 29.9. The Morgan fingerprint density at radius 3 is 2.36 bits per heavy atom. The van der Waals surface area contributed by atoms with Crippen LogP contribution in [0, 0.1) is 0 Å². The van der Waals surface area contributed by atoms with Crippen LogP contribution >= 0.6 is 0 Å². The third kappa shape index (κ3) is 14.6. The Kier molecular flexibility index (Phi) is 15.1. The quantitative estimate of drug-likeness (QED) is 0.189. The summed E-state index contributed by atoms with van der Waals surface area (Å²) in [4.78, 5) is 23.6. The van der Waals surface area contributed by atoms with E-state index in [2.05, 4.69) is 17.5 Å². The van der Waals surface area contributed by atoms with E-state index >= 15 is 0 Å². The summed E-state index contributed by atoms with van der Waals surface area (Å²) in [6, 6.07) is 0. The maximum Gasteiger partial charge on any atom is 0.317 e. The molecule has 1 atom stereocenters. The van der Waals surface area contributed by atoms with E-state index in [9.17, 15) is 14.7 Å². The zero-order chi connectivity index (χ0) is 18.9. The molecular formula is C18H34N2O5. The van der Waals surface area contributed by atoms with E-state index in [0.29, 0.717) is 6.42 Å². The monoisotopic (exact) mass is 358 g/mol. The van der Waals surface area contributed by atoms with Gasteiger partial charge in [0.2, 0.25) is 5.91 Å². The molecule has 25 heavy (non-hydrogen) atoms. The minimum Gasteiger partial charge on any atom is -0.480 e. The molecule has 0 saturated heterocycles. The third-order valence-corrected chi connectivity index (χ3v) is 3.90. The number of carbonyl (C=O) groups is 2. The largest absolute Gasteiger partial charge is 0.480 e. The van der Waals surface area contributed by atoms with Crippen LogP contribution in [0.5, 0.6) is 0 Å². The average molecular weight is 358 g/mol. The Morgan fingerprint density at radius 2 is 1.76 bits per heavy atom. The number of allylic oxidation sites excluding steroid dienone is 2. The average Bonchev–Trinajstić information content (AvgIpc) is 2.58. The third-order valence-electron chi connectivity index (χ3n) is 3.90. The van der Waals surface area contributed by atoms with Crippen molar-refractivity contribution in [3.63, 3.8) is 0 Å². The molecule has 0 aliphatic carbocycles. The number of nitrogens with zero attached hydrogens (tertiary/aromatic N) is 1. The Hall–Kier alpha value is -1.44. The van der Waals surface area contributed by atoms with Crippen LogP contribution in [0.3, 0.4) is 0 Å². The molecule has 0 saturated carbocycles. The molecule has 0 spiro atoms. The number of aliphatic hydroxyl groups excluding tert-OH is 2. The summed E-state index contributed by atoms with van der Waals surface area (Å²) in [6.07, 6.45) is 11.3. The highest BCUT2D eigenvalue weighted by atomic mass is 16.4. The molecule has 0 aliphatic rings. The number of hydrogen-bond acceptors (Lipinski definition) is 5. The van der Waals surface area contributed by atoms with Crippen molar-refractivity contribution < 1.29 is 24.9 Å². The fourth-order valence-corrected chi connectivity index (χ4v) is 2.47. The maximum atomic E-state index is 11.7. The van der Waals surface area contributed by atoms with E-state index < -0.39 is 18.8 Å². The van der Waals surface area contributed by atoms with Gasteiger partial charge in [0.05, 0.1) is 13.2 Å². The lowest BCUT2D eigenvalue weighted by molar-refractivity contribution is -0.142. The van der Waals surface area contributed by atoms with Crippen molar-refractivity contribution in [1.29, 1.82) is 0 Å². The SMILES string of the molecule is C/C=C/CCCCCCCCC(=O)NCCN(CC(=O)O)C(O)CO. The van der Waals surface area contributed by atoms with Crippen LogP contribution in [-0.4, -0.2) is 64.6 Å². The minimum atomic E-state index is -1.24. The number of carboxylic acid groups (broad SMARTS) is 1. The molecule has 0 aromatic rings. The number of hydrogen-bond donors (Lipinski definition) is 4. The first kappa shape index (κ1) is 23.6. The van der Waals surface area contributed by atoms with Gasteiger partial charge in [-0.25, -0.2) is 0 Å². The number of aliphatic carboxylic acids is 1. The summed E-state index contributed by atoms with van der Waals surface area (Å²) in [7, 11) is 0. The lowest BCUT2D eigenvalue weighted by Crippen LogP contribution is -2.45. The second kappa shape index (κ2) is 16.1. The Labute approximate surface area is 150 Å². The molecule has 1 unspecified atom stereocenters. The predicted molar refractivity (Wildman–Crippen MR) is 97.1 cm³/mol. The molecule has 7 heteroatoms. The minimum absolute atomic E-state index is 0.0677. The normalized spacial score (nSPS) is 12.6. The molecule has 0 aliphatic heterocycles. The van der Waals surface area contributed by atoms with Crippen molar-refractivity contribution in [2.24, 2.45) is 0 Å². The van der Waals surface area contributed by atoms with Crippen molar-refractivity contribution in [2.75, 3.05) is 26.2 Å². The summed E-state index contributed by atoms with van der Waals surface area (Å²) in [6.45, 7) is 1.52. The van der Waals surface area contributed by atoms with Gasteiger partial charge in [-0.05, 0) is 26.2 Å². The highest BCUT2D eigenvalue weighted by Gasteiger charge is 2.17. The van der Waals surface area contributed by atoms with Crippen LogP contribution in [0.2, 0.25) is 0 Å². The van der Waals surface area contributed by atoms with Crippen molar-refractivity contribution in [3.05, 3.63) is 12.2 Å². The smallest absolute Gasteiger partial charge is 0.317 e. The van der Waals surface area contributed by atoms with Crippen molar-refractivity contribution in [3.8, 4) is 0 Å². The molecule has 0 fully saturated rings. The molecule has 1 amide bonds. The van der Waals surface area contributed by atoms with E-state index in [4.69, 9.17) is 10.2 Å². The molecule has 7 nitrogen and oxygen atoms in total. The lowest BCUT2D eigenvalue weighted by atomic mass is 10.1. The Bertz CT molecular complexity index is 388. The van der Waals surface area contributed by atoms with E-state index in [-0.39, 0.29) is 25.5 Å². The number of carboxylic acids is 1. The number of unbranched alkanes of at least 4 members (excludes halogenated alkanes) is 6. The molecule has 0 bridgehead atoms. The van der Waals surface area contributed by atoms with E-state index in [1.807, 2.05) is 6.92 Å². The Balaban J connectivity index is 3.66. The fraction of sp³-hybridized carbons (Fsp3) is 0.778. The van der Waals surface area contributed by atoms with Gasteiger partial charge in [-0.1, -0.05) is 37.8 Å². The van der Waals surface area contributed by atoms with Gasteiger partial charge >= 0.3 is 5.97 Å². The van der Waals surface area contributed by atoms with Gasteiger partial charge < -0.3 is 20.6 Å². The summed E-state index contributed by atoms with van der Waals surface area (Å²) in [5.41, 5.74) is 0. The summed E-state index contributed by atoms with van der Waals surface area (Å²) < 4.78 is 0. The van der Waals surface area contributed by atoms with Gasteiger partial charge in [-0.15, -0.1) is 0 Å². The van der Waals surface area contributed by atoms with Crippen LogP contribution in [0.4, 0.5) is 0 Å². The Morgan fingerprint density at radius 1 is 1.12 bits per heavy atom. The van der Waals surface area contributed by atoms with Crippen LogP contribution in [0.1, 0.15) is 58.3 Å². The topological polar surface area (TPSA) is 110 Å². The van der Waals surface area contributed by atoms with Gasteiger partial charge in [0, 0.05) is 19.5 Å². The summed E-state index contributed by atoms with van der Waals surface area (Å²) in [5.74, 6) is -1.16. The predicted octanol–water partition coefficient (Wildman–Crippen LogP) is 1.50. The molecule has 0 aromatic carbocycles. The first-order valence-corrected chi connectivity index (χ1v) is 9.13. The van der Waals surface area contributed by atoms with Gasteiger partial charge in [0.25, 0.3) is 0 Å². The highest BCUT2D eigenvalue weighted by Crippen LogP contribution is 2.08. The van der Waals surface area contributed by atoms with Gasteiger partial charge in [0.15, 0.2) is 0 Å². The second-order valence-corrected chi connectivity index (χ2v) is 6.11. The second-order valence-electron chi connectivity index (χ2n) is 6.11. The number of amides is 1. The number of carbonyl (C=O) groups excluding carboxylic acids is 1. The van der Waals surface area contributed by atoms with Gasteiger partial charge in [-0.2, -0.15) is 0 Å². The van der Waals surface area contributed by atoms with Crippen LogP contribution in [-0.2, 0) is 9.59 Å². The fourth-order valence-electron chi connectivity index (χ4n) is 2.47. The standard InChI is InChI=1S/C18H34N2O5/c1-2-3-4-5-6-7-8-9-10-11-16(22)19-12-13-20(14-18(24)25)17(23)15-21/h2-3,17,21,23H,4-15H2,1H3,(H,19,22)(H,24,25)/b3-2+. The van der Waals surface area contributed by atoms with Crippen LogP contribution < -0.4 is 5.32 Å². The molecule has 146 valence electrons. The van der Waals surface area contributed by atoms with E-state index in [1.165, 1.54) is 24.2 Å². The zero-order valence-electron chi connectivity index (χ0n) is 15.3. The van der Waals surface area contributed by atoms with E-state index in [1.54, 1.807) is 0 Å². The maximum absolute atomic E-state index is 11.7. The molecular weight excluding hydrogens is 324 g/mol. The first-order chi connectivity index (χ1) is 12.0. The zero-order valence-corrected chi connectivity index (χ0v) is 15.3. The molecule has 0 aromatic heterocycles. The number of aliphatic hydroxyl groups is 2.